The van der Waals surface area contributed by atoms with Crippen molar-refractivity contribution in [3.8, 4) is 0 Å². The summed E-state index contributed by atoms with van der Waals surface area (Å²) in [5, 5.41) is 31.3. The molecule has 2 unspecified atom stereocenters. The summed E-state index contributed by atoms with van der Waals surface area (Å²) in [5.74, 6) is -0.0663. The predicted octanol–water partition coefficient (Wildman–Crippen LogP) is -0.0237. The molecule has 7 heteroatoms. The molecule has 0 bridgehead atoms. The largest absolute Gasteiger partial charge is 0.409 e. The molecule has 2 rings (SSSR count). The predicted molar refractivity (Wildman–Crippen MR) is 68.2 cm³/mol. The molecule has 1 aromatic rings. The minimum Gasteiger partial charge on any atom is -0.409 e. The van der Waals surface area contributed by atoms with Gasteiger partial charge in [-0.1, -0.05) is 16.8 Å². The van der Waals surface area contributed by atoms with Gasteiger partial charge in [0.2, 0.25) is 0 Å². The standard InChI is InChI=1S/C11H14ClN3O3/c12-6-1-2-8(7(3-6)11(13)14-18)15-4-9(16)10(17)5-15/h1-3,9-10,16-18H,4-5H2,(H2,13,14). The van der Waals surface area contributed by atoms with Crippen LogP contribution in [-0.2, 0) is 0 Å². The number of aliphatic hydroxyl groups is 2. The molecule has 1 aliphatic heterocycles. The molecule has 1 saturated heterocycles. The lowest BCUT2D eigenvalue weighted by molar-refractivity contribution is 0.0572. The Morgan fingerprint density at radius 3 is 2.50 bits per heavy atom. The SMILES string of the molecule is N/C(=N/O)c1cc(Cl)ccc1N1CC(O)C(O)C1. The van der Waals surface area contributed by atoms with Gasteiger partial charge in [-0.2, -0.15) is 0 Å². The summed E-state index contributed by atoms with van der Waals surface area (Å²) < 4.78 is 0. The van der Waals surface area contributed by atoms with Crippen LogP contribution in [0, 0.1) is 0 Å². The van der Waals surface area contributed by atoms with Gasteiger partial charge in [-0.3, -0.25) is 0 Å². The Balaban J connectivity index is 2.39. The van der Waals surface area contributed by atoms with E-state index >= 15 is 0 Å². The Kier molecular flexibility index (Phi) is 3.60. The second-order valence-corrected chi connectivity index (χ2v) is 4.62. The Labute approximate surface area is 109 Å². The van der Waals surface area contributed by atoms with Gasteiger partial charge < -0.3 is 26.1 Å². The molecule has 2 atom stereocenters. The molecule has 0 spiro atoms. The number of nitrogens with two attached hydrogens (primary N) is 1. The van der Waals surface area contributed by atoms with Crippen LogP contribution in [0.25, 0.3) is 0 Å². The number of hydrogen-bond donors (Lipinski definition) is 4. The van der Waals surface area contributed by atoms with E-state index in [2.05, 4.69) is 5.16 Å². The van der Waals surface area contributed by atoms with Gasteiger partial charge in [0.1, 0.15) is 0 Å². The topological polar surface area (TPSA) is 102 Å². The molecule has 1 heterocycles. The number of hydrogen-bond acceptors (Lipinski definition) is 5. The van der Waals surface area contributed by atoms with E-state index in [1.54, 1.807) is 23.1 Å². The van der Waals surface area contributed by atoms with E-state index in [1.807, 2.05) is 0 Å². The normalized spacial score (nSPS) is 24.6. The number of halogens is 1. The third-order valence-electron chi connectivity index (χ3n) is 2.94. The second kappa shape index (κ2) is 5.01. The van der Waals surface area contributed by atoms with Crippen molar-refractivity contribution in [1.82, 2.24) is 0 Å². The van der Waals surface area contributed by atoms with Gasteiger partial charge in [0, 0.05) is 29.4 Å². The van der Waals surface area contributed by atoms with Crippen molar-refractivity contribution >= 4 is 23.1 Å². The molecule has 1 aromatic carbocycles. The number of benzene rings is 1. The fraction of sp³-hybridized carbons (Fsp3) is 0.364. The molecule has 6 nitrogen and oxygen atoms in total. The Morgan fingerprint density at radius 2 is 1.94 bits per heavy atom. The zero-order valence-corrected chi connectivity index (χ0v) is 10.2. The van der Waals surface area contributed by atoms with Gasteiger partial charge in [-0.15, -0.1) is 0 Å². The monoisotopic (exact) mass is 271 g/mol. The van der Waals surface area contributed by atoms with Crippen molar-refractivity contribution < 1.29 is 15.4 Å². The Bertz CT molecular complexity index is 471. The quantitative estimate of drug-likeness (QED) is 0.262. The van der Waals surface area contributed by atoms with Gasteiger partial charge >= 0.3 is 0 Å². The Hall–Kier alpha value is -1.50. The maximum atomic E-state index is 9.54. The summed E-state index contributed by atoms with van der Waals surface area (Å²) in [6.45, 7) is 0.572. The molecule has 1 fully saturated rings. The van der Waals surface area contributed by atoms with E-state index in [4.69, 9.17) is 22.5 Å². The minimum atomic E-state index is -0.805. The van der Waals surface area contributed by atoms with Crippen LogP contribution in [0.1, 0.15) is 5.56 Å². The fourth-order valence-electron chi connectivity index (χ4n) is 2.01. The maximum absolute atomic E-state index is 9.54. The number of aliphatic hydroxyl groups excluding tert-OH is 2. The third kappa shape index (κ3) is 2.35. The summed E-state index contributed by atoms with van der Waals surface area (Å²) in [6, 6.07) is 4.95. The van der Waals surface area contributed by atoms with Crippen LogP contribution in [0.15, 0.2) is 23.4 Å². The van der Waals surface area contributed by atoms with Crippen LogP contribution < -0.4 is 10.6 Å². The first-order valence-electron chi connectivity index (χ1n) is 5.41. The summed E-state index contributed by atoms with van der Waals surface area (Å²) in [7, 11) is 0. The summed E-state index contributed by atoms with van der Waals surface area (Å²) in [6.07, 6.45) is -1.61. The van der Waals surface area contributed by atoms with E-state index in [-0.39, 0.29) is 18.9 Å². The molecule has 0 radical (unpaired) electrons. The van der Waals surface area contributed by atoms with E-state index < -0.39 is 12.2 Å². The highest BCUT2D eigenvalue weighted by Crippen LogP contribution is 2.27. The molecule has 0 amide bonds. The number of β-amino-alcohol motifs (C(OH)–C–C–N with tert-alkyl or cyclic N) is 2. The summed E-state index contributed by atoms with van der Waals surface area (Å²) >= 11 is 5.87. The van der Waals surface area contributed by atoms with Crippen LogP contribution in [0.2, 0.25) is 5.02 Å². The lowest BCUT2D eigenvalue weighted by Crippen LogP contribution is -2.25. The number of amidine groups is 1. The zero-order valence-electron chi connectivity index (χ0n) is 9.49. The Morgan fingerprint density at radius 1 is 1.33 bits per heavy atom. The highest BCUT2D eigenvalue weighted by atomic mass is 35.5. The second-order valence-electron chi connectivity index (χ2n) is 4.19. The summed E-state index contributed by atoms with van der Waals surface area (Å²) in [4.78, 5) is 1.76. The van der Waals surface area contributed by atoms with Crippen LogP contribution in [0.4, 0.5) is 5.69 Å². The van der Waals surface area contributed by atoms with Crippen molar-refractivity contribution in [3.05, 3.63) is 28.8 Å². The van der Waals surface area contributed by atoms with Crippen molar-refractivity contribution in [1.29, 1.82) is 0 Å². The first-order chi connectivity index (χ1) is 8.52. The van der Waals surface area contributed by atoms with Gasteiger partial charge in [0.05, 0.1) is 12.2 Å². The summed E-state index contributed by atoms with van der Waals surface area (Å²) in [5.41, 5.74) is 6.71. The third-order valence-corrected chi connectivity index (χ3v) is 3.18. The first kappa shape index (κ1) is 12.9. The first-order valence-corrected chi connectivity index (χ1v) is 5.79. The van der Waals surface area contributed by atoms with Crippen LogP contribution in [-0.4, -0.2) is 46.6 Å². The lowest BCUT2D eigenvalue weighted by atomic mass is 10.1. The smallest absolute Gasteiger partial charge is 0.172 e. The molecular weight excluding hydrogens is 258 g/mol. The van der Waals surface area contributed by atoms with E-state index in [9.17, 15) is 10.2 Å². The number of oxime groups is 1. The van der Waals surface area contributed by atoms with E-state index in [1.165, 1.54) is 0 Å². The zero-order chi connectivity index (χ0) is 13.3. The van der Waals surface area contributed by atoms with Crippen molar-refractivity contribution in [2.24, 2.45) is 10.9 Å². The van der Waals surface area contributed by atoms with Crippen LogP contribution >= 0.6 is 11.6 Å². The number of rotatable bonds is 2. The maximum Gasteiger partial charge on any atom is 0.172 e. The molecule has 0 aliphatic carbocycles. The average Bonchev–Trinajstić information content (AvgIpc) is 2.68. The highest BCUT2D eigenvalue weighted by molar-refractivity contribution is 6.31. The molecule has 0 saturated carbocycles. The molecule has 0 aromatic heterocycles. The average molecular weight is 272 g/mol. The van der Waals surface area contributed by atoms with Gasteiger partial charge in [0.25, 0.3) is 0 Å². The van der Waals surface area contributed by atoms with Crippen molar-refractivity contribution in [2.75, 3.05) is 18.0 Å². The van der Waals surface area contributed by atoms with Crippen molar-refractivity contribution in [3.63, 3.8) is 0 Å². The minimum absolute atomic E-state index is 0.0663. The van der Waals surface area contributed by atoms with E-state index in [0.717, 1.165) is 0 Å². The lowest BCUT2D eigenvalue weighted by Gasteiger charge is -2.21. The van der Waals surface area contributed by atoms with Crippen LogP contribution in [0.3, 0.4) is 0 Å². The molecule has 1 aliphatic rings. The molecular formula is C11H14ClN3O3. The van der Waals surface area contributed by atoms with Gasteiger partial charge in [-0.25, -0.2) is 0 Å². The number of anilines is 1. The fourth-order valence-corrected chi connectivity index (χ4v) is 2.18. The van der Waals surface area contributed by atoms with E-state index in [0.29, 0.717) is 16.3 Å². The molecule has 5 N–H and O–H groups in total. The van der Waals surface area contributed by atoms with Crippen LogP contribution in [0.5, 0.6) is 0 Å². The molecule has 18 heavy (non-hydrogen) atoms. The highest BCUT2D eigenvalue weighted by Gasteiger charge is 2.31. The van der Waals surface area contributed by atoms with Crippen molar-refractivity contribution in [2.45, 2.75) is 12.2 Å². The molecule has 98 valence electrons. The van der Waals surface area contributed by atoms with Gasteiger partial charge in [0.15, 0.2) is 5.84 Å². The van der Waals surface area contributed by atoms with Gasteiger partial charge in [-0.05, 0) is 18.2 Å². The number of nitrogens with zero attached hydrogens (tertiary/aromatic N) is 2.